The molecule has 174 valence electrons. The van der Waals surface area contributed by atoms with E-state index in [9.17, 15) is 19.5 Å². The Balaban J connectivity index is 4.12. The predicted molar refractivity (Wildman–Crippen MR) is 118 cm³/mol. The monoisotopic (exact) mass is 426 g/mol. The van der Waals surface area contributed by atoms with Crippen molar-refractivity contribution in [2.45, 2.75) is 97.3 Å². The van der Waals surface area contributed by atoms with Gasteiger partial charge in [-0.25, -0.2) is 4.79 Å². The van der Waals surface area contributed by atoms with Crippen LogP contribution in [-0.2, 0) is 23.9 Å². The van der Waals surface area contributed by atoms with Crippen molar-refractivity contribution < 1.29 is 29.0 Å². The largest absolute Gasteiger partial charge is 0.481 e. The van der Waals surface area contributed by atoms with E-state index < -0.39 is 11.9 Å². The number of aliphatic carboxylic acids is 1. The van der Waals surface area contributed by atoms with Gasteiger partial charge in [0.15, 0.2) is 0 Å². The van der Waals surface area contributed by atoms with Crippen molar-refractivity contribution in [2.24, 2.45) is 11.8 Å². The van der Waals surface area contributed by atoms with Crippen molar-refractivity contribution in [1.29, 1.82) is 0 Å². The second-order valence-electron chi connectivity index (χ2n) is 7.90. The van der Waals surface area contributed by atoms with Crippen LogP contribution >= 0.6 is 0 Å². The molecule has 0 aromatic carbocycles. The molecule has 0 aromatic heterocycles. The average molecular weight is 427 g/mol. The number of hydrogen-bond acceptors (Lipinski definition) is 5. The molecule has 0 saturated carbocycles. The first-order valence-electron chi connectivity index (χ1n) is 11.6. The lowest BCUT2D eigenvalue weighted by atomic mass is 9.92. The average Bonchev–Trinajstić information content (AvgIpc) is 2.73. The van der Waals surface area contributed by atoms with Gasteiger partial charge in [0.25, 0.3) is 0 Å². The summed E-state index contributed by atoms with van der Waals surface area (Å²) in [5.41, 5.74) is 0. The Bertz CT molecular complexity index is 488. The Hall–Kier alpha value is -1.85. The van der Waals surface area contributed by atoms with Gasteiger partial charge in [-0.2, -0.15) is 0 Å². The molecule has 1 N–H and O–H groups in total. The van der Waals surface area contributed by atoms with E-state index in [0.29, 0.717) is 26.1 Å². The molecule has 0 amide bonds. The third kappa shape index (κ3) is 15.1. The Labute approximate surface area is 182 Å². The van der Waals surface area contributed by atoms with Gasteiger partial charge in [0.1, 0.15) is 0 Å². The molecule has 6 nitrogen and oxygen atoms in total. The van der Waals surface area contributed by atoms with Crippen LogP contribution in [0.3, 0.4) is 0 Å². The van der Waals surface area contributed by atoms with Gasteiger partial charge in [0.05, 0.1) is 25.0 Å². The molecule has 0 aromatic rings. The van der Waals surface area contributed by atoms with Crippen molar-refractivity contribution in [3.05, 3.63) is 12.7 Å². The smallest absolute Gasteiger partial charge is 0.330 e. The van der Waals surface area contributed by atoms with Crippen molar-refractivity contribution >= 4 is 17.9 Å². The number of carbonyl (C=O) groups excluding carboxylic acids is 2. The van der Waals surface area contributed by atoms with Gasteiger partial charge in [-0.3, -0.25) is 9.59 Å². The second-order valence-corrected chi connectivity index (χ2v) is 7.90. The fraction of sp³-hybridized carbons (Fsp3) is 0.792. The number of carboxylic acids is 1. The van der Waals surface area contributed by atoms with E-state index in [4.69, 9.17) is 9.47 Å². The molecule has 30 heavy (non-hydrogen) atoms. The molecule has 0 fully saturated rings. The van der Waals surface area contributed by atoms with Crippen LogP contribution in [0.2, 0.25) is 0 Å². The molecule has 0 spiro atoms. The minimum atomic E-state index is -0.688. The molecule has 2 atom stereocenters. The van der Waals surface area contributed by atoms with Gasteiger partial charge in [-0.05, 0) is 38.5 Å². The van der Waals surface area contributed by atoms with Crippen LogP contribution < -0.4 is 0 Å². The van der Waals surface area contributed by atoms with E-state index in [1.807, 2.05) is 0 Å². The predicted octanol–water partition coefficient (Wildman–Crippen LogP) is 5.69. The maximum Gasteiger partial charge on any atom is 0.330 e. The maximum absolute atomic E-state index is 12.4. The first-order chi connectivity index (χ1) is 14.5. The highest BCUT2D eigenvalue weighted by atomic mass is 16.5. The topological polar surface area (TPSA) is 89.9 Å². The van der Waals surface area contributed by atoms with Crippen molar-refractivity contribution in [3.8, 4) is 0 Å². The van der Waals surface area contributed by atoms with Gasteiger partial charge >= 0.3 is 17.9 Å². The molecule has 0 bridgehead atoms. The summed E-state index contributed by atoms with van der Waals surface area (Å²) in [6, 6.07) is 0. The molecular weight excluding hydrogens is 384 g/mol. The quantitative estimate of drug-likeness (QED) is 0.153. The highest BCUT2D eigenvalue weighted by Gasteiger charge is 2.20. The zero-order chi connectivity index (χ0) is 22.6. The third-order valence-electron chi connectivity index (χ3n) is 5.29. The number of esters is 2. The van der Waals surface area contributed by atoms with Crippen LogP contribution in [0.5, 0.6) is 0 Å². The lowest BCUT2D eigenvalue weighted by Gasteiger charge is -2.16. The van der Waals surface area contributed by atoms with Gasteiger partial charge in [-0.1, -0.05) is 65.4 Å². The van der Waals surface area contributed by atoms with Crippen LogP contribution in [0, 0.1) is 11.8 Å². The molecule has 0 saturated heterocycles. The standard InChI is InChI=1S/C24H42O6/c1-4-7-14-20(23(26)27)16-10-9-11-17-21(15-8-5-2)24(28)30-19-13-12-18-29-22(25)6-3/h6,20-21H,3-5,7-19H2,1-2H3,(H,26,27). The zero-order valence-electron chi connectivity index (χ0n) is 19.0. The first kappa shape index (κ1) is 28.1. The van der Waals surface area contributed by atoms with E-state index in [2.05, 4.69) is 20.4 Å². The van der Waals surface area contributed by atoms with E-state index in [0.717, 1.165) is 76.7 Å². The molecule has 2 unspecified atom stereocenters. The normalized spacial score (nSPS) is 12.7. The highest BCUT2D eigenvalue weighted by molar-refractivity contribution is 5.81. The number of rotatable bonds is 20. The molecule has 0 heterocycles. The molecule has 0 rings (SSSR count). The summed E-state index contributed by atoms with van der Waals surface area (Å²) in [7, 11) is 0. The molecular formula is C24H42O6. The summed E-state index contributed by atoms with van der Waals surface area (Å²) < 4.78 is 10.3. The van der Waals surface area contributed by atoms with E-state index in [1.54, 1.807) is 0 Å². The Morgan fingerprint density at radius 3 is 1.80 bits per heavy atom. The van der Waals surface area contributed by atoms with Gasteiger partial charge in [-0.15, -0.1) is 0 Å². The van der Waals surface area contributed by atoms with Crippen LogP contribution in [-0.4, -0.2) is 36.2 Å². The summed E-state index contributed by atoms with van der Waals surface area (Å²) in [5.74, 6) is -1.59. The SMILES string of the molecule is C=CC(=O)OCCCCOC(=O)C(CCCC)CCCCCC(CCCC)C(=O)O. The first-order valence-corrected chi connectivity index (χ1v) is 11.6. The van der Waals surface area contributed by atoms with Gasteiger partial charge in [0, 0.05) is 6.08 Å². The second kappa shape index (κ2) is 19.1. The van der Waals surface area contributed by atoms with Gasteiger partial charge in [0.2, 0.25) is 0 Å². The molecule has 6 heteroatoms. The summed E-state index contributed by atoms with van der Waals surface area (Å²) in [6.07, 6.45) is 12.3. The minimum absolute atomic E-state index is 0.0843. The number of unbranched alkanes of at least 4 members (excludes halogenated alkanes) is 5. The van der Waals surface area contributed by atoms with Crippen LogP contribution in [0.1, 0.15) is 97.3 Å². The highest BCUT2D eigenvalue weighted by Crippen LogP contribution is 2.21. The van der Waals surface area contributed by atoms with E-state index in [-0.39, 0.29) is 17.8 Å². The Kier molecular flexibility index (Phi) is 18.0. The molecule has 0 radical (unpaired) electrons. The number of carbonyl (C=O) groups is 3. The molecule has 0 aliphatic carbocycles. The van der Waals surface area contributed by atoms with E-state index >= 15 is 0 Å². The fourth-order valence-corrected chi connectivity index (χ4v) is 3.36. The molecule has 0 aliphatic heterocycles. The maximum atomic E-state index is 12.4. The number of hydrogen-bond donors (Lipinski definition) is 1. The Morgan fingerprint density at radius 2 is 1.27 bits per heavy atom. The lowest BCUT2D eigenvalue weighted by Crippen LogP contribution is -2.19. The summed E-state index contributed by atoms with van der Waals surface area (Å²) in [5, 5.41) is 9.30. The van der Waals surface area contributed by atoms with Crippen molar-refractivity contribution in [3.63, 3.8) is 0 Å². The summed E-state index contributed by atoms with van der Waals surface area (Å²) in [4.78, 5) is 34.7. The zero-order valence-corrected chi connectivity index (χ0v) is 19.0. The van der Waals surface area contributed by atoms with Crippen LogP contribution in [0.15, 0.2) is 12.7 Å². The summed E-state index contributed by atoms with van der Waals surface area (Å²) in [6.45, 7) is 8.16. The fourth-order valence-electron chi connectivity index (χ4n) is 3.36. The third-order valence-corrected chi connectivity index (χ3v) is 5.29. The lowest BCUT2D eigenvalue weighted by molar-refractivity contribution is -0.149. The van der Waals surface area contributed by atoms with Crippen LogP contribution in [0.4, 0.5) is 0 Å². The minimum Gasteiger partial charge on any atom is -0.481 e. The number of ether oxygens (including phenoxy) is 2. The number of carboxylic acid groups (broad SMARTS) is 1. The van der Waals surface area contributed by atoms with Crippen LogP contribution in [0.25, 0.3) is 0 Å². The van der Waals surface area contributed by atoms with E-state index in [1.165, 1.54) is 0 Å². The van der Waals surface area contributed by atoms with Crippen molar-refractivity contribution in [2.75, 3.05) is 13.2 Å². The van der Waals surface area contributed by atoms with Gasteiger partial charge < -0.3 is 14.6 Å². The Morgan fingerprint density at radius 1 is 0.767 bits per heavy atom. The molecule has 0 aliphatic rings. The van der Waals surface area contributed by atoms with Crippen molar-refractivity contribution in [1.82, 2.24) is 0 Å². The summed E-state index contributed by atoms with van der Waals surface area (Å²) >= 11 is 0.